The van der Waals surface area contributed by atoms with Gasteiger partial charge in [-0.25, -0.2) is 4.39 Å². The van der Waals surface area contributed by atoms with Gasteiger partial charge in [-0.1, -0.05) is 0 Å². The number of benzene rings is 2. The molecule has 0 radical (unpaired) electrons. The Morgan fingerprint density at radius 1 is 1.24 bits per heavy atom. The molecule has 2 aromatic rings. The van der Waals surface area contributed by atoms with Crippen LogP contribution < -0.4 is 16.0 Å². The summed E-state index contributed by atoms with van der Waals surface area (Å²) in [6.07, 6.45) is 0. The lowest BCUT2D eigenvalue weighted by molar-refractivity contribution is 0.0963. The van der Waals surface area contributed by atoms with Gasteiger partial charge in [0.05, 0.1) is 11.4 Å². The predicted octanol–water partition coefficient (Wildman–Crippen LogP) is 2.93. The van der Waals surface area contributed by atoms with Crippen LogP contribution >= 0.6 is 0 Å². The number of anilines is 3. The fourth-order valence-electron chi connectivity index (χ4n) is 2.18. The average Bonchev–Trinajstić information content (AvgIpc) is 2.50. The normalized spacial score (nSPS) is 10.2. The molecule has 0 aromatic heterocycles. The molecule has 110 valence electrons. The van der Waals surface area contributed by atoms with E-state index in [1.807, 2.05) is 11.8 Å². The van der Waals surface area contributed by atoms with Gasteiger partial charge in [0.1, 0.15) is 5.82 Å². The third-order valence-electron chi connectivity index (χ3n) is 3.27. The number of halogens is 1. The highest BCUT2D eigenvalue weighted by Gasteiger charge is 2.13. The number of amides is 1. The molecule has 3 N–H and O–H groups in total. The van der Waals surface area contributed by atoms with Crippen molar-refractivity contribution in [2.24, 2.45) is 0 Å². The van der Waals surface area contributed by atoms with Crippen LogP contribution in [0, 0.1) is 5.82 Å². The quantitative estimate of drug-likeness (QED) is 0.850. The van der Waals surface area contributed by atoms with Crippen LogP contribution in [0.5, 0.6) is 0 Å². The van der Waals surface area contributed by atoms with E-state index < -0.39 is 0 Å². The Morgan fingerprint density at radius 3 is 2.48 bits per heavy atom. The van der Waals surface area contributed by atoms with Gasteiger partial charge in [0.25, 0.3) is 5.91 Å². The number of nitrogens with one attached hydrogen (secondary N) is 1. The Morgan fingerprint density at radius 2 is 1.90 bits per heavy atom. The molecule has 0 heterocycles. The van der Waals surface area contributed by atoms with Crippen LogP contribution in [-0.4, -0.2) is 19.5 Å². The van der Waals surface area contributed by atoms with Crippen molar-refractivity contribution < 1.29 is 9.18 Å². The second kappa shape index (κ2) is 6.26. The summed E-state index contributed by atoms with van der Waals surface area (Å²) in [5, 5.41) is 2.58. The first kappa shape index (κ1) is 14.8. The summed E-state index contributed by atoms with van der Waals surface area (Å²) in [6.45, 7) is 2.61. The van der Waals surface area contributed by atoms with Gasteiger partial charge in [0.15, 0.2) is 0 Å². The lowest BCUT2D eigenvalue weighted by atomic mass is 10.1. The fraction of sp³-hybridized carbons (Fsp3) is 0.188. The molecule has 21 heavy (non-hydrogen) atoms. The van der Waals surface area contributed by atoms with E-state index in [4.69, 9.17) is 5.73 Å². The lowest BCUT2D eigenvalue weighted by Crippen LogP contribution is -2.21. The summed E-state index contributed by atoms with van der Waals surface area (Å²) in [7, 11) is 1.58. The summed E-state index contributed by atoms with van der Waals surface area (Å²) in [5.41, 5.74) is 8.67. The van der Waals surface area contributed by atoms with E-state index >= 15 is 0 Å². The zero-order chi connectivity index (χ0) is 15.4. The predicted molar refractivity (Wildman–Crippen MR) is 83.3 cm³/mol. The molecule has 0 atom stereocenters. The second-order valence-electron chi connectivity index (χ2n) is 4.57. The minimum Gasteiger partial charge on any atom is -0.397 e. The van der Waals surface area contributed by atoms with Gasteiger partial charge >= 0.3 is 0 Å². The molecule has 0 aliphatic rings. The van der Waals surface area contributed by atoms with E-state index in [0.29, 0.717) is 17.8 Å². The fourth-order valence-corrected chi connectivity index (χ4v) is 2.18. The number of carbonyl (C=O) groups is 1. The number of hydrogen-bond donors (Lipinski definition) is 2. The van der Waals surface area contributed by atoms with Crippen molar-refractivity contribution in [3.05, 3.63) is 53.8 Å². The van der Waals surface area contributed by atoms with E-state index in [1.165, 1.54) is 12.1 Å². The Hall–Kier alpha value is -2.56. The highest BCUT2D eigenvalue weighted by molar-refractivity contribution is 5.96. The molecule has 0 spiro atoms. The molecule has 0 aliphatic carbocycles. The number of nitrogen functional groups attached to an aromatic ring is 1. The van der Waals surface area contributed by atoms with Gasteiger partial charge in [0.2, 0.25) is 0 Å². The van der Waals surface area contributed by atoms with E-state index in [9.17, 15) is 9.18 Å². The molecule has 0 bridgehead atoms. The standard InChI is InChI=1S/C16H18FN3O/c1-3-20(13-7-5-12(17)6-8-13)15-10-11(16(21)19-2)4-9-14(15)18/h4-10H,3,18H2,1-2H3,(H,19,21). The number of hydrogen-bond acceptors (Lipinski definition) is 3. The Labute approximate surface area is 123 Å². The van der Waals surface area contributed by atoms with Crippen LogP contribution in [0.15, 0.2) is 42.5 Å². The highest BCUT2D eigenvalue weighted by atomic mass is 19.1. The molecule has 0 saturated heterocycles. The average molecular weight is 287 g/mol. The van der Waals surface area contributed by atoms with Crippen LogP contribution in [0.2, 0.25) is 0 Å². The summed E-state index contributed by atoms with van der Waals surface area (Å²) in [4.78, 5) is 13.7. The highest BCUT2D eigenvalue weighted by Crippen LogP contribution is 2.31. The van der Waals surface area contributed by atoms with Gasteiger partial charge in [-0.15, -0.1) is 0 Å². The van der Waals surface area contributed by atoms with Crippen molar-refractivity contribution in [3.8, 4) is 0 Å². The molecule has 0 unspecified atom stereocenters. The number of rotatable bonds is 4. The van der Waals surface area contributed by atoms with Gasteiger partial charge in [-0.05, 0) is 49.4 Å². The summed E-state index contributed by atoms with van der Waals surface area (Å²) in [6, 6.07) is 11.3. The van der Waals surface area contributed by atoms with Crippen molar-refractivity contribution in [2.75, 3.05) is 24.2 Å². The number of nitrogens with two attached hydrogens (primary N) is 1. The van der Waals surface area contributed by atoms with Gasteiger partial charge in [-0.3, -0.25) is 4.79 Å². The van der Waals surface area contributed by atoms with Crippen molar-refractivity contribution in [3.63, 3.8) is 0 Å². The summed E-state index contributed by atoms with van der Waals surface area (Å²) in [5.74, 6) is -0.465. The Bertz CT molecular complexity index is 640. The Kier molecular flexibility index (Phi) is 4.42. The first-order valence-electron chi connectivity index (χ1n) is 6.71. The molecule has 0 fully saturated rings. The van der Waals surface area contributed by atoms with Crippen LogP contribution in [0.3, 0.4) is 0 Å². The third-order valence-corrected chi connectivity index (χ3v) is 3.27. The SMILES string of the molecule is CCN(c1ccc(F)cc1)c1cc(C(=O)NC)ccc1N. The van der Waals surface area contributed by atoms with Crippen molar-refractivity contribution in [2.45, 2.75) is 6.92 Å². The molecule has 0 saturated carbocycles. The topological polar surface area (TPSA) is 58.4 Å². The van der Waals surface area contributed by atoms with Gasteiger partial charge in [-0.2, -0.15) is 0 Å². The van der Waals surface area contributed by atoms with Crippen LogP contribution in [0.1, 0.15) is 17.3 Å². The molecular weight excluding hydrogens is 269 g/mol. The molecule has 2 aromatic carbocycles. The largest absolute Gasteiger partial charge is 0.397 e. The number of nitrogens with zero attached hydrogens (tertiary/aromatic N) is 1. The summed E-state index contributed by atoms with van der Waals surface area (Å²) >= 11 is 0. The van der Waals surface area contributed by atoms with Gasteiger partial charge in [0, 0.05) is 24.8 Å². The Balaban J connectivity index is 2.46. The molecule has 1 amide bonds. The van der Waals surface area contributed by atoms with Crippen LogP contribution in [0.25, 0.3) is 0 Å². The maximum atomic E-state index is 13.1. The molecule has 0 aliphatic heterocycles. The molecule has 2 rings (SSSR count). The lowest BCUT2D eigenvalue weighted by Gasteiger charge is -2.25. The minimum absolute atomic E-state index is 0.175. The first-order chi connectivity index (χ1) is 10.1. The zero-order valence-electron chi connectivity index (χ0n) is 12.1. The van der Waals surface area contributed by atoms with Crippen LogP contribution in [-0.2, 0) is 0 Å². The maximum absolute atomic E-state index is 13.1. The van der Waals surface area contributed by atoms with E-state index in [2.05, 4.69) is 5.32 Å². The second-order valence-corrected chi connectivity index (χ2v) is 4.57. The van der Waals surface area contributed by atoms with Crippen LogP contribution in [0.4, 0.5) is 21.5 Å². The third kappa shape index (κ3) is 3.13. The van der Waals surface area contributed by atoms with Crippen molar-refractivity contribution in [1.82, 2.24) is 5.32 Å². The summed E-state index contributed by atoms with van der Waals surface area (Å²) < 4.78 is 13.1. The zero-order valence-corrected chi connectivity index (χ0v) is 12.1. The van der Waals surface area contributed by atoms with Crippen molar-refractivity contribution in [1.29, 1.82) is 0 Å². The first-order valence-corrected chi connectivity index (χ1v) is 6.71. The monoisotopic (exact) mass is 287 g/mol. The van der Waals surface area contributed by atoms with Gasteiger partial charge < -0.3 is 16.0 Å². The van der Waals surface area contributed by atoms with Crippen molar-refractivity contribution >= 4 is 23.0 Å². The minimum atomic E-state index is -0.290. The van der Waals surface area contributed by atoms with E-state index in [-0.39, 0.29) is 11.7 Å². The molecular formula is C16H18FN3O. The maximum Gasteiger partial charge on any atom is 0.251 e. The molecule has 5 heteroatoms. The van der Waals surface area contributed by atoms with E-state index in [0.717, 1.165) is 11.4 Å². The molecule has 4 nitrogen and oxygen atoms in total. The van der Waals surface area contributed by atoms with E-state index in [1.54, 1.807) is 37.4 Å². The number of carbonyl (C=O) groups excluding carboxylic acids is 1. The smallest absolute Gasteiger partial charge is 0.251 e.